The number of allylic oxidation sites excluding steroid dienone is 2. The lowest BCUT2D eigenvalue weighted by molar-refractivity contribution is 1.13. The first-order valence-electron chi connectivity index (χ1n) is 5.03. The molecule has 0 N–H and O–H groups in total. The van der Waals surface area contributed by atoms with Gasteiger partial charge in [-0.3, -0.25) is 4.98 Å². The normalized spacial score (nSPS) is 14.9. The quantitative estimate of drug-likeness (QED) is 0.690. The molecule has 1 rings (SSSR count). The van der Waals surface area contributed by atoms with Crippen LogP contribution in [0.3, 0.4) is 0 Å². The molecule has 1 aromatic rings. The van der Waals surface area contributed by atoms with Gasteiger partial charge in [-0.25, -0.2) is 0 Å². The van der Waals surface area contributed by atoms with Crippen LogP contribution >= 0.6 is 0 Å². The van der Waals surface area contributed by atoms with Gasteiger partial charge < -0.3 is 0 Å². The molecule has 74 valence electrons. The summed E-state index contributed by atoms with van der Waals surface area (Å²) in [5, 5.41) is 2.32. The molecule has 1 nitrogen and oxygen atoms in total. The molecule has 0 radical (unpaired) electrons. The molecular weight excluding hydrogens is 170 g/mol. The molecule has 1 heteroatoms. The van der Waals surface area contributed by atoms with E-state index in [1.54, 1.807) is 0 Å². The Labute approximate surface area is 85.5 Å². The zero-order chi connectivity index (χ0) is 10.4. The standard InChI is InChI=1S/C13H17N/c1-4-6-8-12-9-7-10-14-13(12)11(3)5-2/h4,6-10H,5H2,1-3H3/b6-4-,12-8-,13-11?. The third-order valence-corrected chi connectivity index (χ3v) is 2.24. The van der Waals surface area contributed by atoms with Crippen LogP contribution in [0.15, 0.2) is 30.5 Å². The minimum atomic E-state index is 1.05. The Morgan fingerprint density at radius 3 is 2.93 bits per heavy atom. The molecule has 1 aromatic heterocycles. The van der Waals surface area contributed by atoms with Crippen LogP contribution in [0, 0.1) is 0 Å². The van der Waals surface area contributed by atoms with Crippen molar-refractivity contribution in [3.05, 3.63) is 41.0 Å². The lowest BCUT2D eigenvalue weighted by Crippen LogP contribution is -2.29. The van der Waals surface area contributed by atoms with E-state index in [1.807, 2.05) is 31.3 Å². The summed E-state index contributed by atoms with van der Waals surface area (Å²) in [5.74, 6) is 0. The van der Waals surface area contributed by atoms with Gasteiger partial charge in [0.1, 0.15) is 0 Å². The average molecular weight is 187 g/mol. The maximum absolute atomic E-state index is 4.40. The minimum Gasteiger partial charge on any atom is -0.256 e. The highest BCUT2D eigenvalue weighted by Crippen LogP contribution is 1.92. The molecule has 0 aromatic carbocycles. The highest BCUT2D eigenvalue weighted by Gasteiger charge is 1.89. The summed E-state index contributed by atoms with van der Waals surface area (Å²) < 4.78 is 0. The predicted molar refractivity (Wildman–Crippen MR) is 62.1 cm³/mol. The van der Waals surface area contributed by atoms with E-state index in [0.29, 0.717) is 0 Å². The van der Waals surface area contributed by atoms with Gasteiger partial charge in [0.05, 0.1) is 5.35 Å². The lowest BCUT2D eigenvalue weighted by Gasteiger charge is -1.95. The van der Waals surface area contributed by atoms with Crippen molar-refractivity contribution in [3.63, 3.8) is 0 Å². The van der Waals surface area contributed by atoms with Crippen LogP contribution in [0.2, 0.25) is 0 Å². The molecular formula is C13H17N. The molecule has 0 spiro atoms. The molecule has 0 saturated carbocycles. The molecule has 0 unspecified atom stereocenters. The van der Waals surface area contributed by atoms with Crippen LogP contribution < -0.4 is 10.6 Å². The van der Waals surface area contributed by atoms with Gasteiger partial charge in [-0.15, -0.1) is 0 Å². The van der Waals surface area contributed by atoms with E-state index < -0.39 is 0 Å². The Kier molecular flexibility index (Phi) is 4.11. The second kappa shape index (κ2) is 5.38. The van der Waals surface area contributed by atoms with E-state index in [2.05, 4.69) is 31.0 Å². The molecule has 0 aliphatic rings. The van der Waals surface area contributed by atoms with Crippen LogP contribution in [0.5, 0.6) is 0 Å². The Morgan fingerprint density at radius 1 is 1.50 bits per heavy atom. The monoisotopic (exact) mass is 187 g/mol. The summed E-state index contributed by atoms with van der Waals surface area (Å²) in [6.45, 7) is 6.31. The Morgan fingerprint density at radius 2 is 2.29 bits per heavy atom. The average Bonchev–Trinajstić information content (AvgIpc) is 2.25. The zero-order valence-corrected chi connectivity index (χ0v) is 9.12. The van der Waals surface area contributed by atoms with Crippen molar-refractivity contribution in [2.45, 2.75) is 27.2 Å². The smallest absolute Gasteiger partial charge is 0.0691 e. The Bertz CT molecular complexity index is 427. The van der Waals surface area contributed by atoms with Crippen LogP contribution in [0.1, 0.15) is 27.2 Å². The molecule has 14 heavy (non-hydrogen) atoms. The number of rotatable bonds is 2. The van der Waals surface area contributed by atoms with Crippen molar-refractivity contribution >= 4 is 11.6 Å². The molecule has 0 aliphatic carbocycles. The van der Waals surface area contributed by atoms with Crippen LogP contribution in [-0.2, 0) is 0 Å². The Hall–Kier alpha value is -1.37. The van der Waals surface area contributed by atoms with Gasteiger partial charge in [0, 0.05) is 11.4 Å². The van der Waals surface area contributed by atoms with Crippen LogP contribution in [0.25, 0.3) is 11.6 Å². The summed E-state index contributed by atoms with van der Waals surface area (Å²) >= 11 is 0. The number of hydrogen-bond donors (Lipinski definition) is 0. The van der Waals surface area contributed by atoms with E-state index in [4.69, 9.17) is 0 Å². The van der Waals surface area contributed by atoms with Crippen molar-refractivity contribution in [1.82, 2.24) is 4.98 Å². The third kappa shape index (κ3) is 2.56. The molecule has 0 fully saturated rings. The summed E-state index contributed by atoms with van der Waals surface area (Å²) in [7, 11) is 0. The fourth-order valence-corrected chi connectivity index (χ4v) is 1.28. The van der Waals surface area contributed by atoms with Crippen molar-refractivity contribution in [2.75, 3.05) is 0 Å². The maximum Gasteiger partial charge on any atom is 0.0691 e. The van der Waals surface area contributed by atoms with Gasteiger partial charge in [0.15, 0.2) is 0 Å². The van der Waals surface area contributed by atoms with Crippen molar-refractivity contribution in [1.29, 1.82) is 0 Å². The fraction of sp³-hybridized carbons (Fsp3) is 0.308. The number of pyridine rings is 1. The molecule has 0 bridgehead atoms. The van der Waals surface area contributed by atoms with E-state index in [0.717, 1.165) is 11.8 Å². The van der Waals surface area contributed by atoms with Crippen molar-refractivity contribution < 1.29 is 0 Å². The van der Waals surface area contributed by atoms with E-state index in [-0.39, 0.29) is 0 Å². The summed E-state index contributed by atoms with van der Waals surface area (Å²) in [4.78, 5) is 4.40. The highest BCUT2D eigenvalue weighted by atomic mass is 14.6. The van der Waals surface area contributed by atoms with Gasteiger partial charge in [0.2, 0.25) is 0 Å². The van der Waals surface area contributed by atoms with E-state index in [9.17, 15) is 0 Å². The maximum atomic E-state index is 4.40. The number of hydrogen-bond acceptors (Lipinski definition) is 1. The fourth-order valence-electron chi connectivity index (χ4n) is 1.28. The first-order chi connectivity index (χ1) is 6.79. The van der Waals surface area contributed by atoms with Gasteiger partial charge in [-0.2, -0.15) is 0 Å². The first kappa shape index (κ1) is 10.7. The SMILES string of the molecule is C/C=C\C=c1\cccnc1=C(C)CC. The molecule has 0 amide bonds. The first-order valence-corrected chi connectivity index (χ1v) is 5.03. The van der Waals surface area contributed by atoms with Gasteiger partial charge in [0.25, 0.3) is 0 Å². The summed E-state index contributed by atoms with van der Waals surface area (Å²) in [6.07, 6.45) is 9.07. The minimum absolute atomic E-state index is 1.05. The molecule has 0 saturated heterocycles. The molecule has 0 aliphatic heterocycles. The second-order valence-corrected chi connectivity index (χ2v) is 3.27. The van der Waals surface area contributed by atoms with Crippen LogP contribution in [0.4, 0.5) is 0 Å². The largest absolute Gasteiger partial charge is 0.256 e. The van der Waals surface area contributed by atoms with Crippen molar-refractivity contribution in [3.8, 4) is 0 Å². The second-order valence-electron chi connectivity index (χ2n) is 3.27. The van der Waals surface area contributed by atoms with Gasteiger partial charge in [-0.05, 0) is 31.9 Å². The topological polar surface area (TPSA) is 12.9 Å². The van der Waals surface area contributed by atoms with E-state index >= 15 is 0 Å². The summed E-state index contributed by atoms with van der Waals surface area (Å²) in [5.41, 5.74) is 1.33. The third-order valence-electron chi connectivity index (χ3n) is 2.24. The number of nitrogens with zero attached hydrogens (tertiary/aromatic N) is 1. The highest BCUT2D eigenvalue weighted by molar-refractivity contribution is 5.43. The zero-order valence-electron chi connectivity index (χ0n) is 9.12. The summed E-state index contributed by atoms with van der Waals surface area (Å²) in [6, 6.07) is 4.07. The Balaban J connectivity index is 3.45. The molecule has 0 atom stereocenters. The van der Waals surface area contributed by atoms with Gasteiger partial charge >= 0.3 is 0 Å². The lowest BCUT2D eigenvalue weighted by atomic mass is 10.2. The van der Waals surface area contributed by atoms with Crippen LogP contribution in [-0.4, -0.2) is 4.98 Å². The number of aromatic nitrogens is 1. The predicted octanol–water partition coefficient (Wildman–Crippen LogP) is 2.02. The van der Waals surface area contributed by atoms with Gasteiger partial charge in [-0.1, -0.05) is 31.2 Å². The molecule has 1 heterocycles. The van der Waals surface area contributed by atoms with E-state index in [1.165, 1.54) is 10.8 Å². The van der Waals surface area contributed by atoms with Crippen molar-refractivity contribution in [2.24, 2.45) is 0 Å².